The molecule has 2 aromatic rings. The van der Waals surface area contributed by atoms with E-state index in [1.165, 1.54) is 35.5 Å². The maximum Gasteiger partial charge on any atom is 0.341 e. The highest BCUT2D eigenvalue weighted by atomic mass is 32.1. The van der Waals surface area contributed by atoms with Crippen molar-refractivity contribution >= 4 is 34.2 Å². The van der Waals surface area contributed by atoms with Gasteiger partial charge >= 0.3 is 5.97 Å². The first-order chi connectivity index (χ1) is 11.6. The number of aliphatic imine (C=N–C) groups is 1. The third-order valence-corrected chi connectivity index (χ3v) is 5.18. The Morgan fingerprint density at radius 2 is 2.00 bits per heavy atom. The van der Waals surface area contributed by atoms with Gasteiger partial charge < -0.3 is 4.74 Å². The molecule has 0 saturated carbocycles. The van der Waals surface area contributed by atoms with Crippen LogP contribution in [0.3, 0.4) is 0 Å². The van der Waals surface area contributed by atoms with Crippen LogP contribution in [0, 0.1) is 10.1 Å². The molecule has 0 spiro atoms. The van der Waals surface area contributed by atoms with Crippen LogP contribution in [0.5, 0.6) is 0 Å². The van der Waals surface area contributed by atoms with Gasteiger partial charge in [0, 0.05) is 23.2 Å². The van der Waals surface area contributed by atoms with Gasteiger partial charge in [0.2, 0.25) is 0 Å². The van der Waals surface area contributed by atoms with Gasteiger partial charge in [-0.2, -0.15) is 0 Å². The van der Waals surface area contributed by atoms with E-state index in [1.54, 1.807) is 18.3 Å². The molecule has 0 aliphatic heterocycles. The Morgan fingerprint density at radius 1 is 1.29 bits per heavy atom. The fourth-order valence-corrected chi connectivity index (χ4v) is 3.99. The number of aryl methyl sites for hydroxylation is 1. The maximum atomic E-state index is 12.1. The summed E-state index contributed by atoms with van der Waals surface area (Å²) in [6.07, 6.45) is 5.66. The molecule has 0 saturated heterocycles. The van der Waals surface area contributed by atoms with Gasteiger partial charge in [-0.25, -0.2) is 9.79 Å². The van der Waals surface area contributed by atoms with Gasteiger partial charge in [0.1, 0.15) is 5.00 Å². The van der Waals surface area contributed by atoms with Gasteiger partial charge in [0.25, 0.3) is 5.69 Å². The number of hydrogen-bond acceptors (Lipinski definition) is 6. The van der Waals surface area contributed by atoms with Crippen molar-refractivity contribution in [3.63, 3.8) is 0 Å². The summed E-state index contributed by atoms with van der Waals surface area (Å²) in [5.41, 5.74) is 2.40. The normalized spacial score (nSPS) is 13.7. The Bertz CT molecular complexity index is 809. The average Bonchev–Trinajstić information content (AvgIpc) is 2.98. The molecule has 0 atom stereocenters. The third-order valence-electron chi connectivity index (χ3n) is 3.98. The zero-order valence-electron chi connectivity index (χ0n) is 13.2. The van der Waals surface area contributed by atoms with Crippen LogP contribution >= 0.6 is 11.3 Å². The fraction of sp³-hybridized carbons (Fsp3) is 0.294. The van der Waals surface area contributed by atoms with Crippen LogP contribution in [0.2, 0.25) is 0 Å². The summed E-state index contributed by atoms with van der Waals surface area (Å²) in [4.78, 5) is 28.0. The van der Waals surface area contributed by atoms with Crippen molar-refractivity contribution in [2.45, 2.75) is 25.7 Å². The number of nitrogens with zero attached hydrogens (tertiary/aromatic N) is 2. The SMILES string of the molecule is COC(=O)c1c(/N=C/c2ccc([N+](=O)[O-])cc2)sc2c1CCCC2. The molecule has 1 aliphatic rings. The highest BCUT2D eigenvalue weighted by Gasteiger charge is 2.25. The van der Waals surface area contributed by atoms with E-state index in [4.69, 9.17) is 4.74 Å². The smallest absolute Gasteiger partial charge is 0.341 e. The van der Waals surface area contributed by atoms with Crippen molar-refractivity contribution in [2.75, 3.05) is 7.11 Å². The topological polar surface area (TPSA) is 81.8 Å². The van der Waals surface area contributed by atoms with Crippen LogP contribution in [0.1, 0.15) is 39.2 Å². The second-order valence-electron chi connectivity index (χ2n) is 5.49. The molecule has 3 rings (SSSR count). The largest absolute Gasteiger partial charge is 0.465 e. The summed E-state index contributed by atoms with van der Waals surface area (Å²) in [5, 5.41) is 11.3. The van der Waals surface area contributed by atoms with Crippen LogP contribution in [-0.2, 0) is 17.6 Å². The van der Waals surface area contributed by atoms with E-state index >= 15 is 0 Å². The molecule has 7 heteroatoms. The highest BCUT2D eigenvalue weighted by molar-refractivity contribution is 7.16. The van der Waals surface area contributed by atoms with E-state index in [0.717, 1.165) is 36.8 Å². The van der Waals surface area contributed by atoms with E-state index in [2.05, 4.69) is 4.99 Å². The number of non-ortho nitro benzene ring substituents is 1. The van der Waals surface area contributed by atoms with Crippen LogP contribution in [-0.4, -0.2) is 24.2 Å². The minimum absolute atomic E-state index is 0.0361. The number of nitro groups is 1. The van der Waals surface area contributed by atoms with E-state index in [1.807, 2.05) is 0 Å². The summed E-state index contributed by atoms with van der Waals surface area (Å²) in [7, 11) is 1.37. The summed E-state index contributed by atoms with van der Waals surface area (Å²) < 4.78 is 4.91. The van der Waals surface area contributed by atoms with E-state index < -0.39 is 4.92 Å². The quantitative estimate of drug-likeness (QED) is 0.362. The molecule has 0 radical (unpaired) electrons. The number of methoxy groups -OCH3 is 1. The van der Waals surface area contributed by atoms with Crippen molar-refractivity contribution in [1.82, 2.24) is 0 Å². The molecular weight excluding hydrogens is 328 g/mol. The third kappa shape index (κ3) is 3.21. The molecular formula is C17H16N2O4S. The average molecular weight is 344 g/mol. The van der Waals surface area contributed by atoms with Gasteiger partial charge in [0.05, 0.1) is 17.6 Å². The van der Waals surface area contributed by atoms with Crippen LogP contribution < -0.4 is 0 Å². The summed E-state index contributed by atoms with van der Waals surface area (Å²) in [5.74, 6) is -0.356. The number of thiophene rings is 1. The Kier molecular flexibility index (Phi) is 4.71. The van der Waals surface area contributed by atoms with Gasteiger partial charge in [-0.05, 0) is 48.9 Å². The summed E-state index contributed by atoms with van der Waals surface area (Å²) >= 11 is 1.53. The van der Waals surface area contributed by atoms with Gasteiger partial charge in [-0.15, -0.1) is 11.3 Å². The number of nitro benzene ring substituents is 1. The number of carbonyl (C=O) groups excluding carboxylic acids is 1. The molecule has 24 heavy (non-hydrogen) atoms. The molecule has 0 amide bonds. The first-order valence-electron chi connectivity index (χ1n) is 7.61. The zero-order valence-corrected chi connectivity index (χ0v) is 14.0. The first-order valence-corrected chi connectivity index (χ1v) is 8.43. The first kappa shape index (κ1) is 16.3. The number of carbonyl (C=O) groups is 1. The van der Waals surface area contributed by atoms with E-state index in [-0.39, 0.29) is 11.7 Å². The number of hydrogen-bond donors (Lipinski definition) is 0. The highest BCUT2D eigenvalue weighted by Crippen LogP contribution is 2.40. The number of ether oxygens (including phenoxy) is 1. The summed E-state index contributed by atoms with van der Waals surface area (Å²) in [6, 6.07) is 6.13. The van der Waals surface area contributed by atoms with Crippen LogP contribution in [0.25, 0.3) is 0 Å². The second kappa shape index (κ2) is 6.92. The van der Waals surface area contributed by atoms with Crippen molar-refractivity contribution in [1.29, 1.82) is 0 Å². The molecule has 1 aromatic heterocycles. The van der Waals surface area contributed by atoms with Gasteiger partial charge in [-0.1, -0.05) is 0 Å². The minimum Gasteiger partial charge on any atom is -0.465 e. The zero-order chi connectivity index (χ0) is 17.1. The molecule has 0 N–H and O–H groups in total. The van der Waals surface area contributed by atoms with Crippen molar-refractivity contribution in [3.05, 3.63) is 55.9 Å². The molecule has 1 heterocycles. The van der Waals surface area contributed by atoms with Crippen molar-refractivity contribution in [3.8, 4) is 0 Å². The Hall–Kier alpha value is -2.54. The molecule has 1 aromatic carbocycles. The molecule has 0 unspecified atom stereocenters. The summed E-state index contributed by atoms with van der Waals surface area (Å²) in [6.45, 7) is 0. The monoisotopic (exact) mass is 344 g/mol. The van der Waals surface area contributed by atoms with E-state index in [0.29, 0.717) is 10.6 Å². The van der Waals surface area contributed by atoms with Crippen LogP contribution in [0.4, 0.5) is 10.7 Å². The lowest BCUT2D eigenvalue weighted by Gasteiger charge is -2.11. The lowest BCUT2D eigenvalue weighted by molar-refractivity contribution is -0.384. The molecule has 1 aliphatic carbocycles. The number of fused-ring (bicyclic) bond motifs is 1. The maximum absolute atomic E-state index is 12.1. The number of rotatable bonds is 4. The predicted molar refractivity (Wildman–Crippen MR) is 92.7 cm³/mol. The lowest BCUT2D eigenvalue weighted by atomic mass is 9.95. The van der Waals surface area contributed by atoms with Gasteiger partial charge in [-0.3, -0.25) is 10.1 Å². The lowest BCUT2D eigenvalue weighted by Crippen LogP contribution is -2.07. The molecule has 0 fully saturated rings. The number of esters is 1. The standard InChI is InChI=1S/C17H16N2O4S/c1-23-17(20)15-13-4-2-3-5-14(13)24-16(15)18-10-11-6-8-12(9-7-11)19(21)22/h6-10H,2-5H2,1H3/b18-10+. The molecule has 6 nitrogen and oxygen atoms in total. The fourth-order valence-electron chi connectivity index (χ4n) is 2.77. The number of benzene rings is 1. The van der Waals surface area contributed by atoms with Crippen molar-refractivity contribution in [2.24, 2.45) is 4.99 Å². The molecule has 0 bridgehead atoms. The van der Waals surface area contributed by atoms with Gasteiger partial charge in [0.15, 0.2) is 0 Å². The van der Waals surface area contributed by atoms with E-state index in [9.17, 15) is 14.9 Å². The second-order valence-corrected chi connectivity index (χ2v) is 6.57. The Morgan fingerprint density at radius 3 is 2.67 bits per heavy atom. The minimum atomic E-state index is -0.441. The Balaban J connectivity index is 1.92. The Labute approximate surface area is 143 Å². The molecule has 124 valence electrons. The van der Waals surface area contributed by atoms with Crippen LogP contribution in [0.15, 0.2) is 29.3 Å². The van der Waals surface area contributed by atoms with Crippen molar-refractivity contribution < 1.29 is 14.5 Å². The predicted octanol–water partition coefficient (Wildman–Crippen LogP) is 4.07.